The smallest absolute Gasteiger partial charge is 0.180 e. The molecule has 0 spiro atoms. The summed E-state index contributed by atoms with van der Waals surface area (Å²) < 4.78 is 11.2. The second kappa shape index (κ2) is 6.62. The van der Waals surface area contributed by atoms with E-state index in [1.54, 1.807) is 6.07 Å². The molecule has 1 aliphatic carbocycles. The van der Waals surface area contributed by atoms with Gasteiger partial charge in [-0.05, 0) is 26.7 Å². The Hall–Kier alpha value is -2.44. The molecular formula is C21H24O6. The number of Topliss-reactive ketones (excluding diaryl/α,β-unsaturated/α-hetero) is 2. The monoisotopic (exact) mass is 372 g/mol. The molecular weight excluding hydrogens is 348 g/mol. The van der Waals surface area contributed by atoms with E-state index in [1.807, 2.05) is 18.2 Å². The number of ether oxygens (including phenoxy) is 2. The van der Waals surface area contributed by atoms with E-state index in [9.17, 15) is 19.8 Å². The summed E-state index contributed by atoms with van der Waals surface area (Å²) in [4.78, 5) is 24.5. The van der Waals surface area contributed by atoms with Crippen LogP contribution in [0.25, 0.3) is 10.8 Å². The summed E-state index contributed by atoms with van der Waals surface area (Å²) in [6.45, 7) is 2.54. The summed E-state index contributed by atoms with van der Waals surface area (Å²) in [5.41, 5.74) is -3.41. The molecule has 27 heavy (non-hydrogen) atoms. The lowest BCUT2D eigenvalue weighted by Gasteiger charge is -2.47. The van der Waals surface area contributed by atoms with Crippen molar-refractivity contribution in [3.63, 3.8) is 0 Å². The zero-order valence-electron chi connectivity index (χ0n) is 16.0. The van der Waals surface area contributed by atoms with E-state index in [0.717, 1.165) is 5.39 Å². The Bertz CT molecular complexity index is 934. The molecule has 0 saturated heterocycles. The van der Waals surface area contributed by atoms with Crippen molar-refractivity contribution in [3.05, 3.63) is 35.4 Å². The van der Waals surface area contributed by atoms with Crippen LogP contribution in [0.3, 0.4) is 0 Å². The molecule has 6 nitrogen and oxygen atoms in total. The van der Waals surface area contributed by atoms with Gasteiger partial charge < -0.3 is 19.7 Å². The molecule has 2 N–H and O–H groups in total. The van der Waals surface area contributed by atoms with E-state index in [1.165, 1.54) is 28.1 Å². The number of rotatable bonds is 5. The van der Waals surface area contributed by atoms with Gasteiger partial charge in [-0.1, -0.05) is 24.3 Å². The van der Waals surface area contributed by atoms with Crippen molar-refractivity contribution in [2.75, 3.05) is 14.2 Å². The minimum Gasteiger partial charge on any atom is -0.496 e. The number of carbonyl (C=O) groups is 2. The molecule has 3 rings (SSSR count). The van der Waals surface area contributed by atoms with Crippen molar-refractivity contribution in [1.82, 2.24) is 0 Å². The molecule has 2 aromatic carbocycles. The fraction of sp³-hybridized carbons (Fsp3) is 0.429. The summed E-state index contributed by atoms with van der Waals surface area (Å²) in [5, 5.41) is 24.3. The zero-order valence-corrected chi connectivity index (χ0v) is 16.0. The fourth-order valence-corrected chi connectivity index (χ4v) is 4.37. The van der Waals surface area contributed by atoms with Gasteiger partial charge in [-0.2, -0.15) is 0 Å². The highest BCUT2D eigenvalue weighted by Crippen LogP contribution is 2.54. The standard InChI is InChI=1S/C21H24O6/c1-12(22)11-20(24)10-9-16-17(21(20,25)13(2)23)19(27-4)15-8-6-5-7-14(15)18(16)26-3/h5-8,24-25H,9-11H2,1-4H3/t20-,21-/m0/s1. The van der Waals surface area contributed by atoms with Gasteiger partial charge in [0.15, 0.2) is 11.4 Å². The van der Waals surface area contributed by atoms with Crippen molar-refractivity contribution >= 4 is 22.3 Å². The first-order valence-corrected chi connectivity index (χ1v) is 8.82. The predicted octanol–water partition coefficient (Wildman–Crippen LogP) is 2.29. The van der Waals surface area contributed by atoms with Crippen LogP contribution in [-0.4, -0.2) is 41.6 Å². The summed E-state index contributed by atoms with van der Waals surface area (Å²) in [7, 11) is 2.98. The van der Waals surface area contributed by atoms with Gasteiger partial charge in [-0.3, -0.25) is 9.59 Å². The number of benzene rings is 2. The molecule has 6 heteroatoms. The van der Waals surface area contributed by atoms with Crippen LogP contribution in [0.2, 0.25) is 0 Å². The third-order valence-corrected chi connectivity index (χ3v) is 5.50. The van der Waals surface area contributed by atoms with Crippen LogP contribution in [0.4, 0.5) is 0 Å². The van der Waals surface area contributed by atoms with Crippen LogP contribution in [0.15, 0.2) is 24.3 Å². The second-order valence-corrected chi connectivity index (χ2v) is 7.14. The number of methoxy groups -OCH3 is 2. The van der Waals surface area contributed by atoms with Crippen LogP contribution in [-0.2, 0) is 21.6 Å². The van der Waals surface area contributed by atoms with Crippen molar-refractivity contribution in [1.29, 1.82) is 0 Å². The van der Waals surface area contributed by atoms with Gasteiger partial charge in [0.1, 0.15) is 22.9 Å². The van der Waals surface area contributed by atoms with Crippen molar-refractivity contribution in [2.24, 2.45) is 0 Å². The van der Waals surface area contributed by atoms with Gasteiger partial charge in [0, 0.05) is 28.3 Å². The van der Waals surface area contributed by atoms with Crippen LogP contribution >= 0.6 is 0 Å². The molecule has 1 aliphatic rings. The van der Waals surface area contributed by atoms with Crippen LogP contribution < -0.4 is 9.47 Å². The SMILES string of the molecule is COc1c2c(c(OC)c3ccccc13)[C@@](O)(C(C)=O)[C@@](O)(CC(C)=O)CC2. The quantitative estimate of drug-likeness (QED) is 0.837. The molecule has 0 radical (unpaired) electrons. The largest absolute Gasteiger partial charge is 0.496 e. The number of hydrogen-bond acceptors (Lipinski definition) is 6. The summed E-state index contributed by atoms with van der Waals surface area (Å²) in [5.74, 6) is -0.123. The first-order valence-electron chi connectivity index (χ1n) is 8.82. The number of carbonyl (C=O) groups excluding carboxylic acids is 2. The Morgan fingerprint density at radius 1 is 1.04 bits per heavy atom. The number of hydrogen-bond donors (Lipinski definition) is 2. The molecule has 2 atom stereocenters. The molecule has 0 amide bonds. The maximum atomic E-state index is 12.7. The number of ketones is 2. The molecule has 0 fully saturated rings. The van der Waals surface area contributed by atoms with E-state index in [2.05, 4.69) is 0 Å². The highest BCUT2D eigenvalue weighted by atomic mass is 16.5. The Morgan fingerprint density at radius 3 is 2.07 bits per heavy atom. The van der Waals surface area contributed by atoms with Crippen molar-refractivity contribution in [3.8, 4) is 11.5 Å². The van der Waals surface area contributed by atoms with Crippen molar-refractivity contribution < 1.29 is 29.3 Å². The normalized spacial score (nSPS) is 24.4. The highest BCUT2D eigenvalue weighted by Gasteiger charge is 2.59. The van der Waals surface area contributed by atoms with Gasteiger partial charge in [-0.15, -0.1) is 0 Å². The predicted molar refractivity (Wildman–Crippen MR) is 100 cm³/mol. The first-order chi connectivity index (χ1) is 12.7. The lowest BCUT2D eigenvalue weighted by Crippen LogP contribution is -2.59. The Labute approximate surface area is 157 Å². The minimum absolute atomic E-state index is 0.0491. The fourth-order valence-electron chi connectivity index (χ4n) is 4.37. The van der Waals surface area contributed by atoms with Gasteiger partial charge in [0.25, 0.3) is 0 Å². The van der Waals surface area contributed by atoms with E-state index in [0.29, 0.717) is 28.9 Å². The maximum absolute atomic E-state index is 12.7. The third kappa shape index (κ3) is 2.63. The summed E-state index contributed by atoms with van der Waals surface area (Å²) >= 11 is 0. The Morgan fingerprint density at radius 2 is 1.59 bits per heavy atom. The highest BCUT2D eigenvalue weighted by molar-refractivity contribution is 6.00. The average Bonchev–Trinajstić information content (AvgIpc) is 2.62. The molecule has 0 bridgehead atoms. The lowest BCUT2D eigenvalue weighted by atomic mass is 9.63. The van der Waals surface area contributed by atoms with E-state index in [4.69, 9.17) is 9.47 Å². The van der Waals surface area contributed by atoms with Gasteiger partial charge in [0.2, 0.25) is 0 Å². The van der Waals surface area contributed by atoms with Gasteiger partial charge >= 0.3 is 0 Å². The number of aliphatic hydroxyl groups is 2. The first kappa shape index (κ1) is 19.3. The molecule has 0 heterocycles. The van der Waals surface area contributed by atoms with E-state index < -0.39 is 17.0 Å². The topological polar surface area (TPSA) is 93.1 Å². The van der Waals surface area contributed by atoms with E-state index in [-0.39, 0.29) is 24.2 Å². The summed E-state index contributed by atoms with van der Waals surface area (Å²) in [6, 6.07) is 7.35. The minimum atomic E-state index is -2.28. The molecule has 0 aliphatic heterocycles. The third-order valence-electron chi connectivity index (χ3n) is 5.50. The molecule has 0 saturated carbocycles. The average molecular weight is 372 g/mol. The maximum Gasteiger partial charge on any atom is 0.180 e. The second-order valence-electron chi connectivity index (χ2n) is 7.14. The molecule has 0 unspecified atom stereocenters. The Balaban J connectivity index is 2.48. The van der Waals surface area contributed by atoms with Crippen LogP contribution in [0, 0.1) is 0 Å². The van der Waals surface area contributed by atoms with Crippen molar-refractivity contribution in [2.45, 2.75) is 44.3 Å². The van der Waals surface area contributed by atoms with Gasteiger partial charge in [-0.25, -0.2) is 0 Å². The molecule has 0 aromatic heterocycles. The van der Waals surface area contributed by atoms with E-state index >= 15 is 0 Å². The summed E-state index contributed by atoms with van der Waals surface area (Å²) in [6.07, 6.45) is 0.0490. The molecule has 2 aromatic rings. The van der Waals surface area contributed by atoms with Crippen LogP contribution in [0.5, 0.6) is 11.5 Å². The van der Waals surface area contributed by atoms with Crippen LogP contribution in [0.1, 0.15) is 37.8 Å². The number of fused-ring (bicyclic) bond motifs is 2. The molecule has 144 valence electrons. The Kier molecular flexibility index (Phi) is 4.74. The zero-order chi connectivity index (χ0) is 20.0. The lowest BCUT2D eigenvalue weighted by molar-refractivity contribution is -0.185. The van der Waals surface area contributed by atoms with Gasteiger partial charge in [0.05, 0.1) is 14.2 Å².